The van der Waals surface area contributed by atoms with Gasteiger partial charge in [-0.1, -0.05) is 6.42 Å². The van der Waals surface area contributed by atoms with Crippen molar-refractivity contribution in [3.63, 3.8) is 0 Å². The van der Waals surface area contributed by atoms with E-state index < -0.39 is 0 Å². The molecular formula is C10H15NS. The zero-order valence-electron chi connectivity index (χ0n) is 7.47. The predicted molar refractivity (Wildman–Crippen MR) is 53.7 cm³/mol. The Morgan fingerprint density at radius 1 is 1.50 bits per heavy atom. The molecule has 1 aromatic rings. The van der Waals surface area contributed by atoms with Crippen molar-refractivity contribution in [3.8, 4) is 0 Å². The molecule has 2 heteroatoms. The van der Waals surface area contributed by atoms with Gasteiger partial charge in [-0.25, -0.2) is 0 Å². The van der Waals surface area contributed by atoms with Crippen molar-refractivity contribution in [2.24, 2.45) is 0 Å². The highest BCUT2D eigenvalue weighted by atomic mass is 32.1. The normalized spacial score (nSPS) is 24.2. The largest absolute Gasteiger partial charge is 0.309 e. The average Bonchev–Trinajstić information content (AvgIpc) is 2.54. The first-order valence-corrected chi connectivity index (χ1v) is 5.52. The Morgan fingerprint density at radius 3 is 3.00 bits per heavy atom. The summed E-state index contributed by atoms with van der Waals surface area (Å²) in [6, 6.07) is 2.96. The topological polar surface area (TPSA) is 12.0 Å². The lowest BCUT2D eigenvalue weighted by Crippen LogP contribution is -2.25. The van der Waals surface area contributed by atoms with Gasteiger partial charge in [-0.15, -0.1) is 11.3 Å². The Morgan fingerprint density at radius 2 is 2.42 bits per heavy atom. The number of nitrogens with one attached hydrogen (secondary N) is 1. The maximum absolute atomic E-state index is 3.56. The summed E-state index contributed by atoms with van der Waals surface area (Å²) >= 11 is 1.89. The van der Waals surface area contributed by atoms with Crippen molar-refractivity contribution in [2.75, 3.05) is 6.54 Å². The SMILES string of the molecule is Cc1csc([C@@H]2CCCCN2)c1. The van der Waals surface area contributed by atoms with E-state index in [9.17, 15) is 0 Å². The van der Waals surface area contributed by atoms with Crippen LogP contribution in [0.1, 0.15) is 35.7 Å². The number of hydrogen-bond acceptors (Lipinski definition) is 2. The minimum Gasteiger partial charge on any atom is -0.309 e. The van der Waals surface area contributed by atoms with Gasteiger partial charge < -0.3 is 5.32 Å². The van der Waals surface area contributed by atoms with E-state index in [0.29, 0.717) is 6.04 Å². The predicted octanol–water partition coefficient (Wildman–Crippen LogP) is 2.87. The molecule has 1 saturated heterocycles. The van der Waals surface area contributed by atoms with E-state index >= 15 is 0 Å². The van der Waals surface area contributed by atoms with E-state index in [1.165, 1.54) is 36.2 Å². The summed E-state index contributed by atoms with van der Waals surface area (Å²) in [6.07, 6.45) is 4.05. The molecule has 66 valence electrons. The smallest absolute Gasteiger partial charge is 0.0414 e. The highest BCUT2D eigenvalue weighted by Gasteiger charge is 2.15. The summed E-state index contributed by atoms with van der Waals surface area (Å²) in [6.45, 7) is 3.37. The van der Waals surface area contributed by atoms with Crippen LogP contribution in [0.3, 0.4) is 0 Å². The Bertz CT molecular complexity index is 248. The Labute approximate surface area is 77.8 Å². The van der Waals surface area contributed by atoms with Crippen LogP contribution in [0.4, 0.5) is 0 Å². The molecule has 1 aromatic heterocycles. The summed E-state index contributed by atoms with van der Waals surface area (Å²) in [5, 5.41) is 5.80. The van der Waals surface area contributed by atoms with Crippen molar-refractivity contribution in [2.45, 2.75) is 32.2 Å². The summed E-state index contributed by atoms with van der Waals surface area (Å²) in [7, 11) is 0. The molecule has 2 heterocycles. The highest BCUT2D eigenvalue weighted by molar-refractivity contribution is 7.10. The van der Waals surface area contributed by atoms with Gasteiger partial charge in [0.15, 0.2) is 0 Å². The number of rotatable bonds is 1. The quantitative estimate of drug-likeness (QED) is 0.702. The highest BCUT2D eigenvalue weighted by Crippen LogP contribution is 2.27. The van der Waals surface area contributed by atoms with Crippen LogP contribution in [-0.4, -0.2) is 6.54 Å². The van der Waals surface area contributed by atoms with Crippen molar-refractivity contribution >= 4 is 11.3 Å². The van der Waals surface area contributed by atoms with E-state index in [1.807, 2.05) is 11.3 Å². The van der Waals surface area contributed by atoms with Crippen LogP contribution in [0.25, 0.3) is 0 Å². The van der Waals surface area contributed by atoms with Crippen molar-refractivity contribution in [1.82, 2.24) is 5.32 Å². The van der Waals surface area contributed by atoms with Crippen LogP contribution < -0.4 is 5.32 Å². The van der Waals surface area contributed by atoms with Crippen molar-refractivity contribution in [1.29, 1.82) is 0 Å². The van der Waals surface area contributed by atoms with Gasteiger partial charge in [-0.3, -0.25) is 0 Å². The van der Waals surface area contributed by atoms with Gasteiger partial charge in [-0.2, -0.15) is 0 Å². The summed E-state index contributed by atoms with van der Waals surface area (Å²) in [5.74, 6) is 0. The third kappa shape index (κ3) is 1.70. The molecule has 0 aromatic carbocycles. The number of hydrogen-bond donors (Lipinski definition) is 1. The first-order chi connectivity index (χ1) is 5.86. The molecule has 0 amide bonds. The summed E-state index contributed by atoms with van der Waals surface area (Å²) < 4.78 is 0. The number of thiophene rings is 1. The first kappa shape index (κ1) is 8.27. The van der Waals surface area contributed by atoms with Gasteiger partial charge in [0.25, 0.3) is 0 Å². The lowest BCUT2D eigenvalue weighted by atomic mass is 10.0. The summed E-state index contributed by atoms with van der Waals surface area (Å²) in [5.41, 5.74) is 1.40. The molecule has 1 fully saturated rings. The third-order valence-electron chi connectivity index (χ3n) is 2.40. The van der Waals surface area contributed by atoms with E-state index in [1.54, 1.807) is 0 Å². The van der Waals surface area contributed by atoms with Crippen LogP contribution in [-0.2, 0) is 0 Å². The molecule has 0 saturated carbocycles. The lowest BCUT2D eigenvalue weighted by Gasteiger charge is -2.22. The zero-order valence-corrected chi connectivity index (χ0v) is 8.29. The van der Waals surface area contributed by atoms with E-state index in [2.05, 4.69) is 23.7 Å². The molecule has 2 rings (SSSR count). The molecule has 1 aliphatic rings. The number of piperidine rings is 1. The molecule has 0 unspecified atom stereocenters. The second-order valence-electron chi connectivity index (χ2n) is 3.53. The monoisotopic (exact) mass is 181 g/mol. The zero-order chi connectivity index (χ0) is 8.39. The van der Waals surface area contributed by atoms with Crippen molar-refractivity contribution < 1.29 is 0 Å². The average molecular weight is 181 g/mol. The van der Waals surface area contributed by atoms with Crippen LogP contribution >= 0.6 is 11.3 Å². The van der Waals surface area contributed by atoms with E-state index in [-0.39, 0.29) is 0 Å². The fourth-order valence-electron chi connectivity index (χ4n) is 1.73. The molecular weight excluding hydrogens is 166 g/mol. The minimum atomic E-state index is 0.650. The van der Waals surface area contributed by atoms with E-state index in [0.717, 1.165) is 0 Å². The molecule has 1 nitrogen and oxygen atoms in total. The Balaban J connectivity index is 2.08. The van der Waals surface area contributed by atoms with Gasteiger partial charge in [-0.05, 0) is 43.3 Å². The number of aryl methyl sites for hydroxylation is 1. The molecule has 1 aliphatic heterocycles. The standard InChI is InChI=1S/C10H15NS/c1-8-6-10(12-7-8)9-4-2-3-5-11-9/h6-7,9,11H,2-5H2,1H3/t9-/m0/s1. The molecule has 0 bridgehead atoms. The molecule has 0 aliphatic carbocycles. The Kier molecular flexibility index (Phi) is 2.47. The fraction of sp³-hybridized carbons (Fsp3) is 0.600. The molecule has 1 N–H and O–H groups in total. The van der Waals surface area contributed by atoms with Crippen molar-refractivity contribution in [3.05, 3.63) is 21.9 Å². The molecule has 12 heavy (non-hydrogen) atoms. The van der Waals surface area contributed by atoms with Gasteiger partial charge in [0.05, 0.1) is 0 Å². The van der Waals surface area contributed by atoms with Crippen LogP contribution in [0.5, 0.6) is 0 Å². The van der Waals surface area contributed by atoms with Gasteiger partial charge in [0.2, 0.25) is 0 Å². The maximum atomic E-state index is 3.56. The van der Waals surface area contributed by atoms with Crippen LogP contribution in [0.2, 0.25) is 0 Å². The minimum absolute atomic E-state index is 0.650. The Hall–Kier alpha value is -0.340. The van der Waals surface area contributed by atoms with Gasteiger partial charge in [0, 0.05) is 10.9 Å². The fourth-order valence-corrected chi connectivity index (χ4v) is 2.74. The van der Waals surface area contributed by atoms with Crippen LogP contribution in [0.15, 0.2) is 11.4 Å². The second-order valence-corrected chi connectivity index (χ2v) is 4.47. The van der Waals surface area contributed by atoms with Gasteiger partial charge >= 0.3 is 0 Å². The molecule has 0 spiro atoms. The van der Waals surface area contributed by atoms with E-state index in [4.69, 9.17) is 0 Å². The maximum Gasteiger partial charge on any atom is 0.0414 e. The molecule has 0 radical (unpaired) electrons. The second kappa shape index (κ2) is 3.58. The third-order valence-corrected chi connectivity index (χ3v) is 3.57. The lowest BCUT2D eigenvalue weighted by molar-refractivity contribution is 0.417. The first-order valence-electron chi connectivity index (χ1n) is 4.65. The summed E-state index contributed by atoms with van der Waals surface area (Å²) in [4.78, 5) is 1.52. The van der Waals surface area contributed by atoms with Gasteiger partial charge in [0.1, 0.15) is 0 Å². The molecule has 1 atom stereocenters. The van der Waals surface area contributed by atoms with Crippen LogP contribution in [0, 0.1) is 6.92 Å².